The van der Waals surface area contributed by atoms with Gasteiger partial charge in [-0.05, 0) is 64.7 Å². The van der Waals surface area contributed by atoms with Crippen LogP contribution in [0, 0.1) is 5.92 Å². The summed E-state index contributed by atoms with van der Waals surface area (Å²) >= 11 is 0. The number of rotatable bonds is 4. The van der Waals surface area contributed by atoms with Crippen molar-refractivity contribution in [2.24, 2.45) is 5.92 Å². The highest BCUT2D eigenvalue weighted by atomic mass is 16.5. The van der Waals surface area contributed by atoms with Gasteiger partial charge in [-0.2, -0.15) is 0 Å². The summed E-state index contributed by atoms with van der Waals surface area (Å²) in [7, 11) is 2.24. The molecule has 0 saturated carbocycles. The minimum Gasteiger partial charge on any atom is -0.377 e. The molecule has 3 aliphatic rings. The lowest BCUT2D eigenvalue weighted by Gasteiger charge is -2.41. The van der Waals surface area contributed by atoms with E-state index in [2.05, 4.69) is 29.1 Å². The van der Waals surface area contributed by atoms with Crippen LogP contribution in [0.3, 0.4) is 0 Å². The summed E-state index contributed by atoms with van der Waals surface area (Å²) in [4.78, 5) is 5.08. The molecule has 4 nitrogen and oxygen atoms in total. The molecule has 122 valence electrons. The molecule has 0 radical (unpaired) electrons. The number of nitrogens with one attached hydrogen (secondary N) is 1. The number of nitrogens with zero attached hydrogens (tertiary/aromatic N) is 2. The zero-order valence-electron chi connectivity index (χ0n) is 13.9. The Morgan fingerprint density at radius 2 is 1.90 bits per heavy atom. The van der Waals surface area contributed by atoms with Crippen LogP contribution in [0.15, 0.2) is 0 Å². The molecule has 0 amide bonds. The lowest BCUT2D eigenvalue weighted by molar-refractivity contribution is 0.0488. The second-order valence-corrected chi connectivity index (χ2v) is 7.51. The summed E-state index contributed by atoms with van der Waals surface area (Å²) < 4.78 is 5.79. The lowest BCUT2D eigenvalue weighted by Crippen LogP contribution is -2.53. The Hall–Kier alpha value is -0.160. The Morgan fingerprint density at radius 3 is 2.57 bits per heavy atom. The van der Waals surface area contributed by atoms with Gasteiger partial charge in [0.1, 0.15) is 0 Å². The smallest absolute Gasteiger partial charge is 0.0702 e. The molecule has 3 heterocycles. The molecule has 0 bridgehead atoms. The average molecular weight is 295 g/mol. The molecular formula is C17H33N3O. The van der Waals surface area contributed by atoms with E-state index in [1.165, 1.54) is 58.3 Å². The van der Waals surface area contributed by atoms with Crippen molar-refractivity contribution in [3.63, 3.8) is 0 Å². The van der Waals surface area contributed by atoms with Crippen LogP contribution in [0.4, 0.5) is 0 Å². The minimum absolute atomic E-state index is 0.510. The van der Waals surface area contributed by atoms with Crippen molar-refractivity contribution in [3.8, 4) is 0 Å². The van der Waals surface area contributed by atoms with Crippen LogP contribution in [0.25, 0.3) is 0 Å². The van der Waals surface area contributed by atoms with Gasteiger partial charge in [0.25, 0.3) is 0 Å². The van der Waals surface area contributed by atoms with E-state index in [-0.39, 0.29) is 0 Å². The summed E-state index contributed by atoms with van der Waals surface area (Å²) in [6.45, 7) is 9.56. The number of ether oxygens (including phenoxy) is 1. The predicted octanol–water partition coefficient (Wildman–Crippen LogP) is 1.56. The summed E-state index contributed by atoms with van der Waals surface area (Å²) in [6, 6.07) is 1.47. The number of piperidine rings is 2. The first kappa shape index (κ1) is 15.7. The van der Waals surface area contributed by atoms with Gasteiger partial charge in [0.05, 0.1) is 6.10 Å². The van der Waals surface area contributed by atoms with Crippen molar-refractivity contribution in [1.82, 2.24) is 15.1 Å². The molecule has 0 spiro atoms. The Labute approximate surface area is 130 Å². The van der Waals surface area contributed by atoms with E-state index in [1.807, 2.05) is 0 Å². The van der Waals surface area contributed by atoms with Gasteiger partial charge >= 0.3 is 0 Å². The molecule has 4 heteroatoms. The quantitative estimate of drug-likeness (QED) is 0.852. The third-order valence-electron chi connectivity index (χ3n) is 5.64. The standard InChI is InChI=1S/C17H33N3O/c1-14-12-20(13-16-4-3-11-21-16)10-7-17(14)18-15-5-8-19(2)9-6-15/h14-18H,3-13H2,1-2H3. The maximum absolute atomic E-state index is 5.79. The topological polar surface area (TPSA) is 27.7 Å². The van der Waals surface area contributed by atoms with Gasteiger partial charge in [-0.3, -0.25) is 0 Å². The van der Waals surface area contributed by atoms with Crippen LogP contribution >= 0.6 is 0 Å². The van der Waals surface area contributed by atoms with Crippen LogP contribution < -0.4 is 5.32 Å². The SMILES string of the molecule is CC1CN(CC2CCCO2)CCC1NC1CCN(C)CC1. The molecular weight excluding hydrogens is 262 g/mol. The molecule has 3 atom stereocenters. The summed E-state index contributed by atoms with van der Waals surface area (Å²) in [5.41, 5.74) is 0. The molecule has 3 saturated heterocycles. The van der Waals surface area contributed by atoms with Gasteiger partial charge in [-0.1, -0.05) is 6.92 Å². The molecule has 21 heavy (non-hydrogen) atoms. The number of hydrogen-bond acceptors (Lipinski definition) is 4. The van der Waals surface area contributed by atoms with Crippen LogP contribution in [0.5, 0.6) is 0 Å². The first-order valence-corrected chi connectivity index (χ1v) is 8.99. The van der Waals surface area contributed by atoms with Gasteiger partial charge in [-0.15, -0.1) is 0 Å². The zero-order valence-corrected chi connectivity index (χ0v) is 13.9. The van der Waals surface area contributed by atoms with Crippen molar-refractivity contribution >= 4 is 0 Å². The first-order valence-electron chi connectivity index (χ1n) is 8.99. The zero-order chi connectivity index (χ0) is 14.7. The van der Waals surface area contributed by atoms with Gasteiger partial charge in [-0.25, -0.2) is 0 Å². The molecule has 3 fully saturated rings. The highest BCUT2D eigenvalue weighted by Crippen LogP contribution is 2.22. The van der Waals surface area contributed by atoms with Gasteiger partial charge < -0.3 is 19.9 Å². The van der Waals surface area contributed by atoms with E-state index >= 15 is 0 Å². The van der Waals surface area contributed by atoms with Crippen molar-refractivity contribution in [2.75, 3.05) is 46.4 Å². The third-order valence-corrected chi connectivity index (χ3v) is 5.64. The average Bonchev–Trinajstić information content (AvgIpc) is 2.97. The van der Waals surface area contributed by atoms with Crippen molar-refractivity contribution in [2.45, 2.75) is 57.2 Å². The normalized spacial score (nSPS) is 37.1. The Balaban J connectivity index is 1.40. The summed E-state index contributed by atoms with van der Waals surface area (Å²) in [5, 5.41) is 3.96. The van der Waals surface area contributed by atoms with E-state index in [4.69, 9.17) is 4.74 Å². The molecule has 0 aliphatic carbocycles. The molecule has 3 rings (SSSR count). The minimum atomic E-state index is 0.510. The molecule has 1 N–H and O–H groups in total. The van der Waals surface area contributed by atoms with Gasteiger partial charge in [0, 0.05) is 31.8 Å². The van der Waals surface area contributed by atoms with Crippen molar-refractivity contribution < 1.29 is 4.74 Å². The maximum Gasteiger partial charge on any atom is 0.0702 e. The fourth-order valence-electron chi connectivity index (χ4n) is 4.20. The van der Waals surface area contributed by atoms with Crippen LogP contribution in [-0.2, 0) is 4.74 Å². The van der Waals surface area contributed by atoms with E-state index < -0.39 is 0 Å². The van der Waals surface area contributed by atoms with Crippen LogP contribution in [0.2, 0.25) is 0 Å². The highest BCUT2D eigenvalue weighted by Gasteiger charge is 2.30. The first-order chi connectivity index (χ1) is 10.2. The Bertz CT molecular complexity index is 311. The molecule has 0 aromatic carbocycles. The summed E-state index contributed by atoms with van der Waals surface area (Å²) in [5.74, 6) is 0.764. The van der Waals surface area contributed by atoms with E-state index in [1.54, 1.807) is 0 Å². The monoisotopic (exact) mass is 295 g/mol. The van der Waals surface area contributed by atoms with Gasteiger partial charge in [0.2, 0.25) is 0 Å². The Morgan fingerprint density at radius 1 is 1.10 bits per heavy atom. The fraction of sp³-hybridized carbons (Fsp3) is 1.00. The van der Waals surface area contributed by atoms with Crippen LogP contribution in [0.1, 0.15) is 39.0 Å². The molecule has 3 unspecified atom stereocenters. The largest absolute Gasteiger partial charge is 0.377 e. The second-order valence-electron chi connectivity index (χ2n) is 7.51. The number of likely N-dealkylation sites (tertiary alicyclic amines) is 2. The number of hydrogen-bond donors (Lipinski definition) is 1. The highest BCUT2D eigenvalue weighted by molar-refractivity contribution is 4.88. The van der Waals surface area contributed by atoms with E-state index in [0.717, 1.165) is 31.2 Å². The predicted molar refractivity (Wildman–Crippen MR) is 86.6 cm³/mol. The van der Waals surface area contributed by atoms with E-state index in [9.17, 15) is 0 Å². The maximum atomic E-state index is 5.79. The second kappa shape index (κ2) is 7.40. The van der Waals surface area contributed by atoms with E-state index in [0.29, 0.717) is 6.10 Å². The van der Waals surface area contributed by atoms with Crippen molar-refractivity contribution in [1.29, 1.82) is 0 Å². The molecule has 3 aliphatic heterocycles. The van der Waals surface area contributed by atoms with Gasteiger partial charge in [0.15, 0.2) is 0 Å². The third kappa shape index (κ3) is 4.41. The van der Waals surface area contributed by atoms with Crippen molar-refractivity contribution in [3.05, 3.63) is 0 Å². The summed E-state index contributed by atoms with van der Waals surface area (Å²) in [6.07, 6.45) is 6.98. The Kier molecular flexibility index (Phi) is 5.54. The lowest BCUT2D eigenvalue weighted by atomic mass is 9.91. The van der Waals surface area contributed by atoms with Crippen LogP contribution in [-0.4, -0.2) is 74.4 Å². The fourth-order valence-corrected chi connectivity index (χ4v) is 4.20. The molecule has 0 aromatic rings. The molecule has 0 aromatic heterocycles.